The molecule has 102 valence electrons. The van der Waals surface area contributed by atoms with Crippen LogP contribution in [0, 0.1) is 12.7 Å². The number of nitrogens with two attached hydrogens (primary N) is 1. The molecule has 0 aromatic heterocycles. The molecule has 1 aromatic rings. The van der Waals surface area contributed by atoms with Crippen LogP contribution in [0.15, 0.2) is 12.1 Å². The van der Waals surface area contributed by atoms with Crippen molar-refractivity contribution in [3.05, 3.63) is 29.1 Å². The largest absolute Gasteiger partial charge is 0.369 e. The van der Waals surface area contributed by atoms with E-state index in [0.29, 0.717) is 11.6 Å². The highest BCUT2D eigenvalue weighted by Crippen LogP contribution is 2.29. The average Bonchev–Trinajstić information content (AvgIpc) is 2.28. The Morgan fingerprint density at radius 2 is 1.89 bits per heavy atom. The summed E-state index contributed by atoms with van der Waals surface area (Å²) in [6.07, 6.45) is 1.06. The molecular formula is C15H25FN2. The van der Waals surface area contributed by atoms with Crippen LogP contribution in [0.1, 0.15) is 51.3 Å². The van der Waals surface area contributed by atoms with Gasteiger partial charge in [0.05, 0.1) is 0 Å². The van der Waals surface area contributed by atoms with E-state index >= 15 is 0 Å². The third-order valence-electron chi connectivity index (χ3n) is 3.20. The van der Waals surface area contributed by atoms with Crippen molar-refractivity contribution in [2.24, 2.45) is 5.73 Å². The predicted octanol–water partition coefficient (Wildman–Crippen LogP) is 3.78. The van der Waals surface area contributed by atoms with Crippen molar-refractivity contribution in [3.8, 4) is 0 Å². The van der Waals surface area contributed by atoms with Crippen LogP contribution >= 0.6 is 0 Å². The summed E-state index contributed by atoms with van der Waals surface area (Å²) in [6, 6.07) is 3.73. The van der Waals surface area contributed by atoms with Crippen molar-refractivity contribution >= 4 is 5.69 Å². The van der Waals surface area contributed by atoms with Gasteiger partial charge in [-0.1, -0.05) is 6.92 Å². The molecule has 0 heterocycles. The Morgan fingerprint density at radius 3 is 2.33 bits per heavy atom. The SMILES string of the molecule is CCCN(c1cc(C)c(F)cc1C(C)N)C(C)C. The van der Waals surface area contributed by atoms with Crippen LogP contribution in [-0.4, -0.2) is 12.6 Å². The Kier molecular flexibility index (Phi) is 5.15. The molecule has 0 aliphatic heterocycles. The Balaban J connectivity index is 3.30. The molecule has 1 aromatic carbocycles. The second-order valence-electron chi connectivity index (χ2n) is 5.24. The molecule has 0 bridgehead atoms. The second kappa shape index (κ2) is 6.19. The molecule has 3 heteroatoms. The Bertz CT molecular complexity index is 400. The van der Waals surface area contributed by atoms with Gasteiger partial charge in [-0.3, -0.25) is 0 Å². The summed E-state index contributed by atoms with van der Waals surface area (Å²) in [5.74, 6) is -0.175. The molecule has 18 heavy (non-hydrogen) atoms. The van der Waals surface area contributed by atoms with Crippen molar-refractivity contribution in [3.63, 3.8) is 0 Å². The summed E-state index contributed by atoms with van der Waals surface area (Å²) in [6.45, 7) is 11.1. The lowest BCUT2D eigenvalue weighted by atomic mass is 10.0. The van der Waals surface area contributed by atoms with Gasteiger partial charge in [0.2, 0.25) is 0 Å². The Labute approximate surface area is 110 Å². The van der Waals surface area contributed by atoms with Crippen LogP contribution in [0.25, 0.3) is 0 Å². The third kappa shape index (κ3) is 3.22. The molecular weight excluding hydrogens is 227 g/mol. The number of hydrogen-bond donors (Lipinski definition) is 1. The minimum absolute atomic E-state index is 0.159. The lowest BCUT2D eigenvalue weighted by molar-refractivity contribution is 0.608. The molecule has 0 fully saturated rings. The van der Waals surface area contributed by atoms with E-state index in [2.05, 4.69) is 25.7 Å². The first-order valence-electron chi connectivity index (χ1n) is 6.70. The number of halogens is 1. The van der Waals surface area contributed by atoms with Crippen molar-refractivity contribution in [2.75, 3.05) is 11.4 Å². The zero-order valence-corrected chi connectivity index (χ0v) is 12.1. The van der Waals surface area contributed by atoms with E-state index in [1.807, 2.05) is 13.0 Å². The monoisotopic (exact) mass is 252 g/mol. The van der Waals surface area contributed by atoms with E-state index in [9.17, 15) is 4.39 Å². The predicted molar refractivity (Wildman–Crippen MR) is 76.5 cm³/mol. The van der Waals surface area contributed by atoms with Crippen molar-refractivity contribution in [1.29, 1.82) is 0 Å². The number of anilines is 1. The summed E-state index contributed by atoms with van der Waals surface area (Å²) in [5, 5.41) is 0. The smallest absolute Gasteiger partial charge is 0.126 e. The molecule has 2 nitrogen and oxygen atoms in total. The standard InChI is InChI=1S/C15H25FN2/c1-6-7-18(10(2)3)15-8-11(4)14(16)9-13(15)12(5)17/h8-10,12H,6-7,17H2,1-5H3. The number of benzene rings is 1. The van der Waals surface area contributed by atoms with E-state index in [4.69, 9.17) is 5.73 Å². The quantitative estimate of drug-likeness (QED) is 0.864. The average molecular weight is 252 g/mol. The molecule has 1 rings (SSSR count). The highest BCUT2D eigenvalue weighted by molar-refractivity contribution is 5.57. The summed E-state index contributed by atoms with van der Waals surface area (Å²) in [5.41, 5.74) is 8.61. The van der Waals surface area contributed by atoms with Gasteiger partial charge in [0.25, 0.3) is 0 Å². The maximum absolute atomic E-state index is 13.7. The molecule has 0 radical (unpaired) electrons. The maximum atomic E-state index is 13.7. The van der Waals surface area contributed by atoms with Crippen LogP contribution in [0.5, 0.6) is 0 Å². The molecule has 0 saturated carbocycles. The van der Waals surface area contributed by atoms with Gasteiger partial charge in [0.15, 0.2) is 0 Å². The minimum atomic E-state index is -0.175. The van der Waals surface area contributed by atoms with Gasteiger partial charge in [0.1, 0.15) is 5.82 Å². The highest BCUT2D eigenvalue weighted by atomic mass is 19.1. The molecule has 2 N–H and O–H groups in total. The molecule has 1 atom stereocenters. The van der Waals surface area contributed by atoms with Gasteiger partial charge in [-0.25, -0.2) is 4.39 Å². The maximum Gasteiger partial charge on any atom is 0.126 e. The fourth-order valence-electron chi connectivity index (χ4n) is 2.19. The zero-order chi connectivity index (χ0) is 13.9. The van der Waals surface area contributed by atoms with Crippen LogP contribution < -0.4 is 10.6 Å². The third-order valence-corrected chi connectivity index (χ3v) is 3.20. The van der Waals surface area contributed by atoms with Gasteiger partial charge in [-0.2, -0.15) is 0 Å². The normalized spacial score (nSPS) is 12.9. The lowest BCUT2D eigenvalue weighted by Gasteiger charge is -2.32. The number of nitrogens with zero attached hydrogens (tertiary/aromatic N) is 1. The molecule has 0 saturated heterocycles. The lowest BCUT2D eigenvalue weighted by Crippen LogP contribution is -2.33. The molecule has 0 spiro atoms. The van der Waals surface area contributed by atoms with Crippen molar-refractivity contribution in [2.45, 2.75) is 53.1 Å². The van der Waals surface area contributed by atoms with Gasteiger partial charge in [-0.05, 0) is 57.4 Å². The first kappa shape index (κ1) is 15.0. The van der Waals surface area contributed by atoms with Gasteiger partial charge < -0.3 is 10.6 Å². The van der Waals surface area contributed by atoms with E-state index in [-0.39, 0.29) is 11.9 Å². The zero-order valence-electron chi connectivity index (χ0n) is 12.1. The van der Waals surface area contributed by atoms with Crippen molar-refractivity contribution in [1.82, 2.24) is 0 Å². The summed E-state index contributed by atoms with van der Waals surface area (Å²) in [7, 11) is 0. The fourth-order valence-corrected chi connectivity index (χ4v) is 2.19. The highest BCUT2D eigenvalue weighted by Gasteiger charge is 2.17. The number of rotatable bonds is 5. The van der Waals surface area contributed by atoms with Gasteiger partial charge in [0, 0.05) is 24.3 Å². The van der Waals surface area contributed by atoms with Crippen molar-refractivity contribution < 1.29 is 4.39 Å². The fraction of sp³-hybridized carbons (Fsp3) is 0.600. The number of aryl methyl sites for hydroxylation is 1. The van der Waals surface area contributed by atoms with Crippen LogP contribution in [0.3, 0.4) is 0 Å². The Morgan fingerprint density at radius 1 is 1.28 bits per heavy atom. The van der Waals surface area contributed by atoms with E-state index in [1.54, 1.807) is 13.0 Å². The molecule has 0 aliphatic rings. The first-order valence-corrected chi connectivity index (χ1v) is 6.70. The van der Waals surface area contributed by atoms with Gasteiger partial charge >= 0.3 is 0 Å². The second-order valence-corrected chi connectivity index (χ2v) is 5.24. The Hall–Kier alpha value is -1.09. The summed E-state index contributed by atoms with van der Waals surface area (Å²) in [4.78, 5) is 2.30. The summed E-state index contributed by atoms with van der Waals surface area (Å²) < 4.78 is 13.7. The van der Waals surface area contributed by atoms with Crippen LogP contribution in [0.4, 0.5) is 10.1 Å². The van der Waals surface area contributed by atoms with E-state index in [1.165, 1.54) is 0 Å². The molecule has 1 unspecified atom stereocenters. The molecule has 0 amide bonds. The molecule has 0 aliphatic carbocycles. The minimum Gasteiger partial charge on any atom is -0.369 e. The number of hydrogen-bond acceptors (Lipinski definition) is 2. The van der Waals surface area contributed by atoms with E-state index in [0.717, 1.165) is 24.2 Å². The van der Waals surface area contributed by atoms with Crippen LogP contribution in [-0.2, 0) is 0 Å². The van der Waals surface area contributed by atoms with Crippen LogP contribution in [0.2, 0.25) is 0 Å². The topological polar surface area (TPSA) is 29.3 Å². The van der Waals surface area contributed by atoms with Gasteiger partial charge in [-0.15, -0.1) is 0 Å². The first-order chi connectivity index (χ1) is 8.38. The summed E-state index contributed by atoms with van der Waals surface area (Å²) >= 11 is 0. The van der Waals surface area contributed by atoms with E-state index < -0.39 is 0 Å².